The number of carbonyl (C=O) groups is 1. The van der Waals surface area contributed by atoms with Crippen LogP contribution in [0.5, 0.6) is 0 Å². The first-order valence-electron chi connectivity index (χ1n) is 6.01. The summed E-state index contributed by atoms with van der Waals surface area (Å²) in [6.45, 7) is 4.46. The van der Waals surface area contributed by atoms with Crippen LogP contribution in [-0.2, 0) is 4.79 Å². The molecule has 1 amide bonds. The number of benzene rings is 1. The molecule has 1 N–H and O–H groups in total. The summed E-state index contributed by atoms with van der Waals surface area (Å²) in [7, 11) is 0. The molecule has 1 fully saturated rings. The van der Waals surface area contributed by atoms with E-state index in [-0.39, 0.29) is 17.6 Å². The second-order valence-corrected chi connectivity index (χ2v) is 4.71. The lowest BCUT2D eigenvalue weighted by molar-refractivity contribution is -0.129. The number of hydrogen-bond acceptors (Lipinski definition) is 2. The summed E-state index contributed by atoms with van der Waals surface area (Å²) in [5, 5.41) is 2.67. The minimum Gasteiger partial charge on any atom is -0.369 e. The summed E-state index contributed by atoms with van der Waals surface area (Å²) < 4.78 is 26.9. The predicted octanol–water partition coefficient (Wildman–Crippen LogP) is 2.39. The largest absolute Gasteiger partial charge is 0.369 e. The molecule has 3 nitrogen and oxygen atoms in total. The van der Waals surface area contributed by atoms with Crippen LogP contribution >= 0.6 is 0 Å². The van der Waals surface area contributed by atoms with Crippen LogP contribution in [0.15, 0.2) is 18.2 Å². The Bertz CT molecular complexity index is 442. The molecule has 98 valence electrons. The molecule has 0 aromatic heterocycles. The van der Waals surface area contributed by atoms with Crippen molar-refractivity contribution in [2.45, 2.75) is 32.4 Å². The van der Waals surface area contributed by atoms with Crippen LogP contribution in [0.2, 0.25) is 0 Å². The number of rotatable bonds is 3. The molecule has 5 heteroatoms. The average molecular weight is 254 g/mol. The Labute approximate surface area is 105 Å². The van der Waals surface area contributed by atoms with Crippen LogP contribution < -0.4 is 5.32 Å². The van der Waals surface area contributed by atoms with Gasteiger partial charge in [-0.1, -0.05) is 6.07 Å². The van der Waals surface area contributed by atoms with Crippen molar-refractivity contribution in [2.24, 2.45) is 0 Å². The van der Waals surface area contributed by atoms with Crippen molar-refractivity contribution < 1.29 is 13.6 Å². The molecule has 0 saturated carbocycles. The number of nitrogens with one attached hydrogen (secondary N) is 1. The molecular weight excluding hydrogens is 238 g/mol. The van der Waals surface area contributed by atoms with Gasteiger partial charge in [0, 0.05) is 12.6 Å². The highest BCUT2D eigenvalue weighted by atomic mass is 19.1. The molecule has 0 aliphatic carbocycles. The number of nitrogens with zero attached hydrogens (tertiary/aromatic N) is 1. The van der Waals surface area contributed by atoms with Gasteiger partial charge in [-0.2, -0.15) is 0 Å². The van der Waals surface area contributed by atoms with Gasteiger partial charge in [0.25, 0.3) is 0 Å². The highest BCUT2D eigenvalue weighted by Crippen LogP contribution is 2.23. The second kappa shape index (κ2) is 4.92. The van der Waals surface area contributed by atoms with Crippen molar-refractivity contribution in [1.82, 2.24) is 4.90 Å². The first kappa shape index (κ1) is 12.8. The molecule has 1 aromatic rings. The Hall–Kier alpha value is -1.65. The van der Waals surface area contributed by atoms with E-state index in [1.807, 2.05) is 13.8 Å². The first-order chi connectivity index (χ1) is 8.50. The number of hydrogen-bond donors (Lipinski definition) is 1. The van der Waals surface area contributed by atoms with Gasteiger partial charge < -0.3 is 10.2 Å². The maximum absolute atomic E-state index is 13.5. The fraction of sp³-hybridized carbons (Fsp3) is 0.462. The van der Waals surface area contributed by atoms with E-state index in [1.165, 1.54) is 18.2 Å². The second-order valence-electron chi connectivity index (χ2n) is 4.71. The topological polar surface area (TPSA) is 32.3 Å². The van der Waals surface area contributed by atoms with E-state index in [0.29, 0.717) is 13.0 Å². The summed E-state index contributed by atoms with van der Waals surface area (Å²) in [6, 6.07) is 3.21. The van der Waals surface area contributed by atoms with Gasteiger partial charge in [-0.25, -0.2) is 8.78 Å². The summed E-state index contributed by atoms with van der Waals surface area (Å²) in [5.74, 6) is -1.45. The van der Waals surface area contributed by atoms with Gasteiger partial charge in [0.1, 0.15) is 23.4 Å². The predicted molar refractivity (Wildman–Crippen MR) is 65.2 cm³/mol. The number of carbonyl (C=O) groups excluding carboxylic acids is 1. The Balaban J connectivity index is 2.14. The fourth-order valence-electron chi connectivity index (χ4n) is 2.16. The molecule has 1 saturated heterocycles. The van der Waals surface area contributed by atoms with Crippen LogP contribution in [-0.4, -0.2) is 29.4 Å². The number of amides is 1. The Morgan fingerprint density at radius 2 is 1.94 bits per heavy atom. The number of likely N-dealkylation sites (tertiary alicyclic amines) is 1. The van der Waals surface area contributed by atoms with Gasteiger partial charge in [-0.05, 0) is 32.4 Å². The number of anilines is 1. The van der Waals surface area contributed by atoms with E-state index in [1.54, 1.807) is 4.90 Å². The Morgan fingerprint density at radius 1 is 1.33 bits per heavy atom. The quantitative estimate of drug-likeness (QED) is 0.898. The summed E-state index contributed by atoms with van der Waals surface area (Å²) in [6.07, 6.45) is 0.560. The minimum atomic E-state index is -0.675. The SMILES string of the molecule is CC(C)N1CC[C@H](Nc2c(F)cccc2F)C1=O. The van der Waals surface area contributed by atoms with Crippen LogP contribution in [0, 0.1) is 11.6 Å². The lowest BCUT2D eigenvalue weighted by Gasteiger charge is -2.21. The van der Waals surface area contributed by atoms with Crippen LogP contribution in [0.4, 0.5) is 14.5 Å². The van der Waals surface area contributed by atoms with E-state index in [9.17, 15) is 13.6 Å². The van der Waals surface area contributed by atoms with Crippen molar-refractivity contribution >= 4 is 11.6 Å². The smallest absolute Gasteiger partial charge is 0.245 e. The van der Waals surface area contributed by atoms with E-state index in [2.05, 4.69) is 5.32 Å². The molecule has 1 aliphatic heterocycles. The van der Waals surface area contributed by atoms with E-state index >= 15 is 0 Å². The molecule has 0 unspecified atom stereocenters. The highest BCUT2D eigenvalue weighted by Gasteiger charge is 2.33. The molecule has 1 heterocycles. The molecule has 1 aromatic carbocycles. The molecule has 18 heavy (non-hydrogen) atoms. The van der Waals surface area contributed by atoms with Crippen LogP contribution in [0.3, 0.4) is 0 Å². The molecular formula is C13H16F2N2O. The third-order valence-corrected chi connectivity index (χ3v) is 3.14. The molecule has 1 aliphatic rings. The fourth-order valence-corrected chi connectivity index (χ4v) is 2.16. The monoisotopic (exact) mass is 254 g/mol. The van der Waals surface area contributed by atoms with Crippen LogP contribution in [0.25, 0.3) is 0 Å². The van der Waals surface area contributed by atoms with Crippen molar-refractivity contribution in [1.29, 1.82) is 0 Å². The first-order valence-corrected chi connectivity index (χ1v) is 6.01. The zero-order chi connectivity index (χ0) is 13.3. The lowest BCUT2D eigenvalue weighted by Crippen LogP contribution is -2.37. The zero-order valence-corrected chi connectivity index (χ0v) is 10.4. The average Bonchev–Trinajstić information content (AvgIpc) is 2.66. The lowest BCUT2D eigenvalue weighted by atomic mass is 10.2. The molecule has 0 bridgehead atoms. The van der Waals surface area contributed by atoms with Gasteiger partial charge in [0.15, 0.2) is 0 Å². The summed E-state index contributed by atoms with van der Waals surface area (Å²) in [4.78, 5) is 13.7. The number of halogens is 2. The minimum absolute atomic E-state index is 0.104. The van der Waals surface area contributed by atoms with Crippen LogP contribution in [0.1, 0.15) is 20.3 Å². The van der Waals surface area contributed by atoms with Gasteiger partial charge >= 0.3 is 0 Å². The molecule has 1 atom stereocenters. The normalized spacial score (nSPS) is 19.7. The highest BCUT2D eigenvalue weighted by molar-refractivity contribution is 5.87. The van der Waals surface area contributed by atoms with Crippen molar-refractivity contribution in [2.75, 3.05) is 11.9 Å². The summed E-state index contributed by atoms with van der Waals surface area (Å²) >= 11 is 0. The van der Waals surface area contributed by atoms with Crippen molar-refractivity contribution in [3.63, 3.8) is 0 Å². The zero-order valence-electron chi connectivity index (χ0n) is 10.4. The van der Waals surface area contributed by atoms with E-state index < -0.39 is 17.7 Å². The van der Waals surface area contributed by atoms with Gasteiger partial charge in [-0.15, -0.1) is 0 Å². The van der Waals surface area contributed by atoms with Crippen molar-refractivity contribution in [3.8, 4) is 0 Å². The maximum atomic E-state index is 13.5. The van der Waals surface area contributed by atoms with Crippen molar-refractivity contribution in [3.05, 3.63) is 29.8 Å². The maximum Gasteiger partial charge on any atom is 0.245 e. The Morgan fingerprint density at radius 3 is 2.44 bits per heavy atom. The molecule has 2 rings (SSSR count). The standard InChI is InChI=1S/C13H16F2N2O/c1-8(2)17-7-6-11(13(17)18)16-12-9(14)4-3-5-10(12)15/h3-5,8,11,16H,6-7H2,1-2H3/t11-/m0/s1. The van der Waals surface area contributed by atoms with Gasteiger partial charge in [0.05, 0.1) is 0 Å². The van der Waals surface area contributed by atoms with E-state index in [4.69, 9.17) is 0 Å². The third-order valence-electron chi connectivity index (χ3n) is 3.14. The summed E-state index contributed by atoms with van der Waals surface area (Å²) in [5.41, 5.74) is -0.221. The third kappa shape index (κ3) is 2.30. The molecule has 0 spiro atoms. The van der Waals surface area contributed by atoms with Gasteiger partial charge in [0.2, 0.25) is 5.91 Å². The van der Waals surface area contributed by atoms with Gasteiger partial charge in [-0.3, -0.25) is 4.79 Å². The van der Waals surface area contributed by atoms with E-state index in [0.717, 1.165) is 0 Å². The number of para-hydroxylation sites is 1. The molecule has 0 radical (unpaired) electrons. The Kier molecular flexibility index (Phi) is 3.50.